The topological polar surface area (TPSA) is 44.9 Å². The van der Waals surface area contributed by atoms with Crippen LogP contribution in [-0.4, -0.2) is 46.9 Å². The van der Waals surface area contributed by atoms with Crippen LogP contribution in [0.1, 0.15) is 36.9 Å². The van der Waals surface area contributed by atoms with Gasteiger partial charge in [0.2, 0.25) is 0 Å². The van der Waals surface area contributed by atoms with Crippen LogP contribution >= 0.6 is 24.0 Å². The van der Waals surface area contributed by atoms with Gasteiger partial charge in [-0.05, 0) is 43.2 Å². The molecule has 1 saturated heterocycles. The van der Waals surface area contributed by atoms with Crippen LogP contribution in [-0.2, 0) is 6.42 Å². The monoisotopic (exact) mass is 467 g/mol. The van der Waals surface area contributed by atoms with Crippen molar-refractivity contribution in [2.24, 2.45) is 16.8 Å². The number of halogens is 1. The molecule has 1 saturated carbocycles. The second-order valence-corrected chi connectivity index (χ2v) is 7.59. The van der Waals surface area contributed by atoms with E-state index in [1.54, 1.807) is 0 Å². The van der Waals surface area contributed by atoms with Gasteiger partial charge in [0, 0.05) is 45.5 Å². The fourth-order valence-corrected chi connectivity index (χ4v) is 4.54. The minimum Gasteiger partial charge on any atom is -0.356 e. The number of hydrogen-bond acceptors (Lipinski definition) is 2. The Morgan fingerprint density at radius 2 is 2.00 bits per heavy atom. The van der Waals surface area contributed by atoms with Crippen molar-refractivity contribution in [1.29, 1.82) is 0 Å². The number of pyridine rings is 1. The number of hydrogen-bond donors (Lipinski definition) is 1. The van der Waals surface area contributed by atoms with Crippen molar-refractivity contribution >= 4 is 35.6 Å². The van der Waals surface area contributed by atoms with Gasteiger partial charge in [-0.1, -0.05) is 18.9 Å². The lowest BCUT2D eigenvalue weighted by molar-refractivity contribution is 0.299. The number of fused-ring (bicyclic) bond motifs is 2. The van der Waals surface area contributed by atoms with Gasteiger partial charge in [-0.2, -0.15) is 0 Å². The molecule has 0 aromatic carbocycles. The van der Waals surface area contributed by atoms with Crippen molar-refractivity contribution in [2.45, 2.75) is 39.0 Å². The smallest absolute Gasteiger partial charge is 0.193 e. The second-order valence-electron chi connectivity index (χ2n) is 7.59. The lowest BCUT2D eigenvalue weighted by Crippen LogP contribution is -2.41. The number of nitrogens with one attached hydrogen (secondary N) is 1. The molecule has 0 bridgehead atoms. The van der Waals surface area contributed by atoms with Crippen LogP contribution in [0.15, 0.2) is 29.5 Å². The Labute approximate surface area is 173 Å². The van der Waals surface area contributed by atoms with E-state index in [9.17, 15) is 0 Å². The molecule has 2 fully saturated rings. The highest BCUT2D eigenvalue weighted by molar-refractivity contribution is 14.0. The van der Waals surface area contributed by atoms with Crippen LogP contribution in [0.2, 0.25) is 0 Å². The lowest BCUT2D eigenvalue weighted by Gasteiger charge is -2.22. The molecule has 1 aliphatic heterocycles. The third kappa shape index (κ3) is 4.00. The highest BCUT2D eigenvalue weighted by Gasteiger charge is 2.35. The van der Waals surface area contributed by atoms with Gasteiger partial charge < -0.3 is 14.6 Å². The molecule has 2 aliphatic rings. The molecule has 2 atom stereocenters. The summed E-state index contributed by atoms with van der Waals surface area (Å²) in [6.07, 6.45) is 10.7. The largest absolute Gasteiger partial charge is 0.356 e. The zero-order chi connectivity index (χ0) is 17.2. The summed E-state index contributed by atoms with van der Waals surface area (Å²) < 4.78 is 2.12. The van der Waals surface area contributed by atoms with Crippen molar-refractivity contribution in [3.63, 3.8) is 0 Å². The van der Waals surface area contributed by atoms with E-state index in [1.165, 1.54) is 44.3 Å². The summed E-state index contributed by atoms with van der Waals surface area (Å²) in [5, 5.41) is 3.56. The molecular weight excluding hydrogens is 437 g/mol. The van der Waals surface area contributed by atoms with E-state index < -0.39 is 0 Å². The molecule has 2 aromatic rings. The van der Waals surface area contributed by atoms with Crippen LogP contribution in [0.5, 0.6) is 0 Å². The Kier molecular flexibility index (Phi) is 6.42. The number of aliphatic imine (C=N–C) groups is 1. The maximum absolute atomic E-state index is 4.76. The molecule has 1 aliphatic carbocycles. The van der Waals surface area contributed by atoms with Gasteiger partial charge in [-0.3, -0.25) is 4.99 Å². The van der Waals surface area contributed by atoms with E-state index in [0.717, 1.165) is 42.1 Å². The fourth-order valence-electron chi connectivity index (χ4n) is 4.54. The average molecular weight is 467 g/mol. The Morgan fingerprint density at radius 1 is 1.27 bits per heavy atom. The average Bonchev–Trinajstić information content (AvgIpc) is 3.23. The SMILES string of the molecule is CN=C(NCCc1cn2cccc(C)c2n1)N1CC2CCCCC2C1.I. The number of likely N-dealkylation sites (tertiary alicyclic amines) is 1. The van der Waals surface area contributed by atoms with Gasteiger partial charge in [0.15, 0.2) is 5.96 Å². The summed E-state index contributed by atoms with van der Waals surface area (Å²) in [4.78, 5) is 11.7. The normalized spacial score (nSPS) is 23.0. The first kappa shape index (κ1) is 19.5. The zero-order valence-electron chi connectivity index (χ0n) is 15.8. The summed E-state index contributed by atoms with van der Waals surface area (Å²) in [5.41, 5.74) is 3.41. The number of aromatic nitrogens is 2. The predicted octanol–water partition coefficient (Wildman–Crippen LogP) is 3.50. The quantitative estimate of drug-likeness (QED) is 0.427. The molecule has 5 nitrogen and oxygen atoms in total. The highest BCUT2D eigenvalue weighted by atomic mass is 127. The number of aryl methyl sites for hydroxylation is 1. The van der Waals surface area contributed by atoms with Crippen molar-refractivity contribution in [2.75, 3.05) is 26.7 Å². The number of guanidine groups is 1. The molecule has 3 heterocycles. The lowest BCUT2D eigenvalue weighted by atomic mass is 9.82. The van der Waals surface area contributed by atoms with Gasteiger partial charge in [-0.15, -0.1) is 24.0 Å². The first-order chi connectivity index (χ1) is 12.2. The van der Waals surface area contributed by atoms with E-state index >= 15 is 0 Å². The molecule has 6 heteroatoms. The van der Waals surface area contributed by atoms with Gasteiger partial charge >= 0.3 is 0 Å². The summed E-state index contributed by atoms with van der Waals surface area (Å²) in [7, 11) is 1.90. The van der Waals surface area contributed by atoms with E-state index in [2.05, 4.69) is 51.1 Å². The molecule has 2 unspecified atom stereocenters. The molecular formula is C20H30IN5. The van der Waals surface area contributed by atoms with Crippen LogP contribution in [0.25, 0.3) is 5.65 Å². The maximum atomic E-state index is 4.76. The summed E-state index contributed by atoms with van der Waals surface area (Å²) in [6, 6.07) is 4.18. The molecule has 4 rings (SSSR count). The van der Waals surface area contributed by atoms with Crippen molar-refractivity contribution in [3.8, 4) is 0 Å². The molecule has 0 spiro atoms. The van der Waals surface area contributed by atoms with E-state index in [0.29, 0.717) is 0 Å². The summed E-state index contributed by atoms with van der Waals surface area (Å²) in [5.74, 6) is 2.83. The molecule has 26 heavy (non-hydrogen) atoms. The summed E-state index contributed by atoms with van der Waals surface area (Å²) in [6.45, 7) is 5.34. The van der Waals surface area contributed by atoms with Crippen LogP contribution in [0, 0.1) is 18.8 Å². The van der Waals surface area contributed by atoms with E-state index in [4.69, 9.17) is 4.98 Å². The molecule has 0 amide bonds. The van der Waals surface area contributed by atoms with Gasteiger partial charge in [0.1, 0.15) is 5.65 Å². The second kappa shape index (κ2) is 8.59. The molecule has 0 radical (unpaired) electrons. The Morgan fingerprint density at radius 3 is 2.65 bits per heavy atom. The molecule has 2 aromatic heterocycles. The number of nitrogens with zero attached hydrogens (tertiary/aromatic N) is 4. The summed E-state index contributed by atoms with van der Waals surface area (Å²) >= 11 is 0. The molecule has 142 valence electrons. The van der Waals surface area contributed by atoms with E-state index in [1.807, 2.05) is 7.05 Å². The maximum Gasteiger partial charge on any atom is 0.193 e. The fraction of sp³-hybridized carbons (Fsp3) is 0.600. The Hall–Kier alpha value is -1.31. The minimum atomic E-state index is 0. The minimum absolute atomic E-state index is 0. The third-order valence-corrected chi connectivity index (χ3v) is 5.88. The van der Waals surface area contributed by atoms with Crippen LogP contribution < -0.4 is 5.32 Å². The predicted molar refractivity (Wildman–Crippen MR) is 117 cm³/mol. The van der Waals surface area contributed by atoms with Crippen LogP contribution in [0.4, 0.5) is 0 Å². The molecule has 1 N–H and O–H groups in total. The van der Waals surface area contributed by atoms with Crippen LogP contribution in [0.3, 0.4) is 0 Å². The van der Waals surface area contributed by atoms with E-state index in [-0.39, 0.29) is 24.0 Å². The first-order valence-electron chi connectivity index (χ1n) is 9.63. The van der Waals surface area contributed by atoms with Crippen molar-refractivity contribution < 1.29 is 0 Å². The Bertz CT molecular complexity index is 755. The van der Waals surface area contributed by atoms with Gasteiger partial charge in [0.05, 0.1) is 5.69 Å². The van der Waals surface area contributed by atoms with Gasteiger partial charge in [-0.25, -0.2) is 4.98 Å². The highest BCUT2D eigenvalue weighted by Crippen LogP contribution is 2.35. The number of rotatable bonds is 3. The third-order valence-electron chi connectivity index (χ3n) is 5.88. The zero-order valence-corrected chi connectivity index (χ0v) is 18.1. The number of imidazole rings is 1. The first-order valence-corrected chi connectivity index (χ1v) is 9.63. The Balaban J connectivity index is 0.00000196. The van der Waals surface area contributed by atoms with Crippen molar-refractivity contribution in [3.05, 3.63) is 35.8 Å². The van der Waals surface area contributed by atoms with Gasteiger partial charge in [0.25, 0.3) is 0 Å². The standard InChI is InChI=1S/C20H29N5.HI/c1-15-6-5-11-24-14-18(23-19(15)24)9-10-22-20(21-2)25-12-16-7-3-4-8-17(16)13-25;/h5-6,11,14,16-17H,3-4,7-10,12-13H2,1-2H3,(H,21,22);1H. The van der Waals surface area contributed by atoms with Crippen molar-refractivity contribution in [1.82, 2.24) is 19.6 Å².